The van der Waals surface area contributed by atoms with E-state index in [1.54, 1.807) is 6.07 Å². The van der Waals surface area contributed by atoms with Gasteiger partial charge in [-0.25, -0.2) is 19.3 Å². The molecule has 0 saturated carbocycles. The maximum Gasteiger partial charge on any atom is 0.164 e. The molecule has 4 nitrogen and oxygen atoms in total. The third-order valence-corrected chi connectivity index (χ3v) is 2.69. The Morgan fingerprint density at radius 2 is 1.94 bits per heavy atom. The fourth-order valence-electron chi connectivity index (χ4n) is 1.92. The third-order valence-electron chi connectivity index (χ3n) is 2.69. The summed E-state index contributed by atoms with van der Waals surface area (Å²) >= 11 is 0. The Kier molecular flexibility index (Phi) is 2.11. The van der Waals surface area contributed by atoms with Crippen molar-refractivity contribution in [3.05, 3.63) is 42.9 Å². The molecule has 0 amide bonds. The molecule has 5 heteroatoms. The Balaban J connectivity index is 2.34. The lowest BCUT2D eigenvalue weighted by Crippen LogP contribution is -1.87. The number of rotatable bonds is 1. The SMILES string of the molecule is Cn1cc(-c2ncncn2)c2cc(F)ccc21. The normalized spacial score (nSPS) is 10.9. The standard InChI is InChI=1S/C12H9FN4/c1-17-5-10(12-15-6-14-7-16-12)9-4-8(13)2-3-11(9)17/h2-7H,1H3. The highest BCUT2D eigenvalue weighted by molar-refractivity contribution is 5.94. The molecule has 3 rings (SSSR count). The van der Waals surface area contributed by atoms with Gasteiger partial charge in [-0.3, -0.25) is 0 Å². The molecule has 3 aromatic rings. The minimum Gasteiger partial charge on any atom is -0.350 e. The lowest BCUT2D eigenvalue weighted by Gasteiger charge is -1.96. The van der Waals surface area contributed by atoms with Gasteiger partial charge in [0.15, 0.2) is 5.82 Å². The molecular formula is C12H9FN4. The van der Waals surface area contributed by atoms with Crippen molar-refractivity contribution in [2.45, 2.75) is 0 Å². The van der Waals surface area contributed by atoms with Crippen LogP contribution in [-0.2, 0) is 7.05 Å². The van der Waals surface area contributed by atoms with E-state index in [0.717, 1.165) is 16.5 Å². The first-order valence-electron chi connectivity index (χ1n) is 5.12. The van der Waals surface area contributed by atoms with E-state index in [4.69, 9.17) is 0 Å². The van der Waals surface area contributed by atoms with Crippen LogP contribution in [0.2, 0.25) is 0 Å². The van der Waals surface area contributed by atoms with Crippen molar-refractivity contribution in [2.75, 3.05) is 0 Å². The Labute approximate surface area is 96.8 Å². The van der Waals surface area contributed by atoms with E-state index < -0.39 is 0 Å². The molecule has 1 aromatic carbocycles. The van der Waals surface area contributed by atoms with Crippen LogP contribution in [0.5, 0.6) is 0 Å². The van der Waals surface area contributed by atoms with E-state index in [1.165, 1.54) is 24.8 Å². The van der Waals surface area contributed by atoms with Gasteiger partial charge in [0, 0.05) is 29.7 Å². The second kappa shape index (κ2) is 3.62. The summed E-state index contributed by atoms with van der Waals surface area (Å²) in [5, 5.41) is 0.804. The molecule has 84 valence electrons. The first kappa shape index (κ1) is 9.89. The fraction of sp³-hybridized carbons (Fsp3) is 0.0833. The van der Waals surface area contributed by atoms with Gasteiger partial charge in [-0.15, -0.1) is 0 Å². The average molecular weight is 228 g/mol. The van der Waals surface area contributed by atoms with Gasteiger partial charge in [0.1, 0.15) is 18.5 Å². The van der Waals surface area contributed by atoms with Gasteiger partial charge < -0.3 is 4.57 Å². The van der Waals surface area contributed by atoms with E-state index in [9.17, 15) is 4.39 Å². The molecule has 2 heterocycles. The Bertz CT molecular complexity index is 676. The summed E-state index contributed by atoms with van der Waals surface area (Å²) in [7, 11) is 1.91. The molecule has 0 atom stereocenters. The number of aryl methyl sites for hydroxylation is 1. The predicted octanol–water partition coefficient (Wildman–Crippen LogP) is 2.17. The molecule has 0 radical (unpaired) electrons. The largest absolute Gasteiger partial charge is 0.350 e. The van der Waals surface area contributed by atoms with Crippen molar-refractivity contribution in [3.8, 4) is 11.4 Å². The Morgan fingerprint density at radius 1 is 1.18 bits per heavy atom. The molecular weight excluding hydrogens is 219 g/mol. The molecule has 0 spiro atoms. The van der Waals surface area contributed by atoms with Crippen LogP contribution >= 0.6 is 0 Å². The van der Waals surface area contributed by atoms with Crippen LogP contribution in [0, 0.1) is 5.82 Å². The van der Waals surface area contributed by atoms with Crippen molar-refractivity contribution in [1.29, 1.82) is 0 Å². The number of hydrogen-bond donors (Lipinski definition) is 0. The summed E-state index contributed by atoms with van der Waals surface area (Å²) in [6.07, 6.45) is 4.75. The summed E-state index contributed by atoms with van der Waals surface area (Å²) in [4.78, 5) is 11.9. The van der Waals surface area contributed by atoms with E-state index in [-0.39, 0.29) is 5.82 Å². The molecule has 17 heavy (non-hydrogen) atoms. The number of nitrogens with zero attached hydrogens (tertiary/aromatic N) is 4. The third kappa shape index (κ3) is 1.56. The summed E-state index contributed by atoms with van der Waals surface area (Å²) in [5.74, 6) is 0.287. The Hall–Kier alpha value is -2.30. The summed E-state index contributed by atoms with van der Waals surface area (Å²) in [6, 6.07) is 4.68. The van der Waals surface area contributed by atoms with Crippen LogP contribution < -0.4 is 0 Å². The quantitative estimate of drug-likeness (QED) is 0.641. The van der Waals surface area contributed by atoms with Crippen molar-refractivity contribution in [3.63, 3.8) is 0 Å². The van der Waals surface area contributed by atoms with Gasteiger partial charge >= 0.3 is 0 Å². The molecule has 0 N–H and O–H groups in total. The van der Waals surface area contributed by atoms with Gasteiger partial charge in [0.25, 0.3) is 0 Å². The fourth-order valence-corrected chi connectivity index (χ4v) is 1.92. The first-order chi connectivity index (χ1) is 8.25. The number of benzene rings is 1. The van der Waals surface area contributed by atoms with Crippen molar-refractivity contribution in [2.24, 2.45) is 7.05 Å². The molecule has 0 aliphatic heterocycles. The van der Waals surface area contributed by atoms with Crippen LogP contribution in [0.4, 0.5) is 4.39 Å². The summed E-state index contributed by atoms with van der Waals surface area (Å²) in [5.41, 5.74) is 1.76. The number of hydrogen-bond acceptors (Lipinski definition) is 3. The molecule has 0 unspecified atom stereocenters. The highest BCUT2D eigenvalue weighted by Gasteiger charge is 2.11. The maximum absolute atomic E-state index is 13.3. The minimum atomic E-state index is -0.265. The maximum atomic E-state index is 13.3. The topological polar surface area (TPSA) is 43.6 Å². The van der Waals surface area contributed by atoms with Gasteiger partial charge in [-0.2, -0.15) is 0 Å². The molecule has 0 bridgehead atoms. The zero-order valence-corrected chi connectivity index (χ0v) is 9.13. The lowest BCUT2D eigenvalue weighted by atomic mass is 10.1. The zero-order chi connectivity index (χ0) is 11.8. The van der Waals surface area contributed by atoms with E-state index in [2.05, 4.69) is 15.0 Å². The number of halogens is 1. The van der Waals surface area contributed by atoms with Gasteiger partial charge in [0.2, 0.25) is 0 Å². The number of aromatic nitrogens is 4. The summed E-state index contributed by atoms with van der Waals surface area (Å²) in [6.45, 7) is 0. The lowest BCUT2D eigenvalue weighted by molar-refractivity contribution is 0.629. The van der Waals surface area contributed by atoms with Crippen molar-refractivity contribution in [1.82, 2.24) is 19.5 Å². The second-order valence-electron chi connectivity index (χ2n) is 3.78. The molecule has 0 saturated heterocycles. The summed E-state index contributed by atoms with van der Waals surface area (Å²) < 4.78 is 15.2. The molecule has 2 aromatic heterocycles. The van der Waals surface area contributed by atoms with Crippen molar-refractivity contribution >= 4 is 10.9 Å². The highest BCUT2D eigenvalue weighted by Crippen LogP contribution is 2.27. The van der Waals surface area contributed by atoms with E-state index in [0.29, 0.717) is 5.82 Å². The van der Waals surface area contributed by atoms with Gasteiger partial charge in [0.05, 0.1) is 0 Å². The molecule has 0 fully saturated rings. The van der Waals surface area contributed by atoms with Crippen LogP contribution in [0.1, 0.15) is 0 Å². The highest BCUT2D eigenvalue weighted by atomic mass is 19.1. The number of fused-ring (bicyclic) bond motifs is 1. The average Bonchev–Trinajstić information content (AvgIpc) is 2.67. The monoisotopic (exact) mass is 228 g/mol. The van der Waals surface area contributed by atoms with Crippen molar-refractivity contribution < 1.29 is 4.39 Å². The first-order valence-corrected chi connectivity index (χ1v) is 5.12. The predicted molar refractivity (Wildman–Crippen MR) is 61.7 cm³/mol. The Morgan fingerprint density at radius 3 is 2.71 bits per heavy atom. The minimum absolute atomic E-state index is 0.265. The van der Waals surface area contributed by atoms with E-state index >= 15 is 0 Å². The molecule has 0 aliphatic rings. The smallest absolute Gasteiger partial charge is 0.164 e. The van der Waals surface area contributed by atoms with Crippen LogP contribution in [0.25, 0.3) is 22.3 Å². The van der Waals surface area contributed by atoms with Gasteiger partial charge in [-0.1, -0.05) is 0 Å². The van der Waals surface area contributed by atoms with Gasteiger partial charge in [-0.05, 0) is 18.2 Å². The van der Waals surface area contributed by atoms with Crippen LogP contribution in [0.3, 0.4) is 0 Å². The van der Waals surface area contributed by atoms with Crippen LogP contribution in [0.15, 0.2) is 37.1 Å². The second-order valence-corrected chi connectivity index (χ2v) is 3.78. The van der Waals surface area contributed by atoms with E-state index in [1.807, 2.05) is 17.8 Å². The molecule has 0 aliphatic carbocycles. The zero-order valence-electron chi connectivity index (χ0n) is 9.13. The van der Waals surface area contributed by atoms with Crippen LogP contribution in [-0.4, -0.2) is 19.5 Å².